The molecular weight excluding hydrogens is 162 g/mol. The first-order chi connectivity index (χ1) is 5.61. The molecule has 0 aliphatic carbocycles. The van der Waals surface area contributed by atoms with Crippen LogP contribution in [0.25, 0.3) is 0 Å². The summed E-state index contributed by atoms with van der Waals surface area (Å²) in [6, 6.07) is 5.34. The van der Waals surface area contributed by atoms with E-state index in [-0.39, 0.29) is 11.4 Å². The van der Waals surface area contributed by atoms with E-state index < -0.39 is 6.43 Å². The van der Waals surface area contributed by atoms with Crippen molar-refractivity contribution in [3.8, 4) is 0 Å². The first-order valence-corrected chi connectivity index (χ1v) is 3.34. The van der Waals surface area contributed by atoms with Gasteiger partial charge in [0.05, 0.1) is 0 Å². The molecule has 0 saturated heterocycles. The second-order valence-corrected chi connectivity index (χ2v) is 2.34. The smallest absolute Gasteiger partial charge is 0.263 e. The van der Waals surface area contributed by atoms with Crippen molar-refractivity contribution in [2.75, 3.05) is 0 Å². The van der Waals surface area contributed by atoms with Gasteiger partial charge in [0.1, 0.15) is 5.84 Å². The Morgan fingerprint density at radius 2 is 1.75 bits per heavy atom. The van der Waals surface area contributed by atoms with Crippen molar-refractivity contribution < 1.29 is 8.78 Å². The maximum Gasteiger partial charge on any atom is 0.263 e. The lowest BCUT2D eigenvalue weighted by Crippen LogP contribution is -2.10. The zero-order valence-corrected chi connectivity index (χ0v) is 6.22. The molecule has 1 rings (SSSR count). The summed E-state index contributed by atoms with van der Waals surface area (Å²) in [5, 5.41) is 7.00. The van der Waals surface area contributed by atoms with Gasteiger partial charge in [-0.1, -0.05) is 24.3 Å². The second-order valence-electron chi connectivity index (χ2n) is 2.34. The normalized spacial score (nSPS) is 10.2. The molecule has 2 nitrogen and oxygen atoms in total. The predicted octanol–water partition coefficient (Wildman–Crippen LogP) is 1.91. The van der Waals surface area contributed by atoms with Crippen molar-refractivity contribution in [1.82, 2.24) is 0 Å². The summed E-state index contributed by atoms with van der Waals surface area (Å²) >= 11 is 0. The summed E-state index contributed by atoms with van der Waals surface area (Å²) in [7, 11) is 0. The summed E-state index contributed by atoms with van der Waals surface area (Å²) in [6.45, 7) is 0. The first-order valence-electron chi connectivity index (χ1n) is 3.34. The van der Waals surface area contributed by atoms with Gasteiger partial charge in [0.2, 0.25) is 0 Å². The first kappa shape index (κ1) is 8.64. The van der Waals surface area contributed by atoms with Crippen LogP contribution in [0.15, 0.2) is 24.3 Å². The Morgan fingerprint density at radius 3 is 2.08 bits per heavy atom. The van der Waals surface area contributed by atoms with Gasteiger partial charge in [-0.2, -0.15) is 0 Å². The molecule has 0 fully saturated rings. The van der Waals surface area contributed by atoms with Crippen molar-refractivity contribution in [2.45, 2.75) is 6.43 Å². The van der Waals surface area contributed by atoms with Crippen molar-refractivity contribution in [3.63, 3.8) is 0 Å². The number of rotatable bonds is 2. The highest BCUT2D eigenvalue weighted by Crippen LogP contribution is 2.18. The topological polar surface area (TPSA) is 49.9 Å². The van der Waals surface area contributed by atoms with Crippen LogP contribution in [0.1, 0.15) is 17.6 Å². The lowest BCUT2D eigenvalue weighted by Gasteiger charge is -2.00. The number of benzene rings is 1. The molecule has 1 aromatic carbocycles. The summed E-state index contributed by atoms with van der Waals surface area (Å²) < 4.78 is 24.0. The number of hydrogen-bond acceptors (Lipinski definition) is 1. The molecule has 0 saturated carbocycles. The molecule has 0 bridgehead atoms. The average Bonchev–Trinajstić information content (AvgIpc) is 2.04. The highest BCUT2D eigenvalue weighted by Gasteiger charge is 2.05. The van der Waals surface area contributed by atoms with Crippen LogP contribution in [-0.2, 0) is 0 Å². The number of hydrogen-bond donors (Lipinski definition) is 2. The Kier molecular flexibility index (Phi) is 2.38. The van der Waals surface area contributed by atoms with Crippen molar-refractivity contribution in [3.05, 3.63) is 35.4 Å². The van der Waals surface area contributed by atoms with E-state index in [4.69, 9.17) is 11.1 Å². The summed E-state index contributed by atoms with van der Waals surface area (Å²) in [5.41, 5.74) is 5.54. The third-order valence-corrected chi connectivity index (χ3v) is 1.47. The highest BCUT2D eigenvalue weighted by molar-refractivity contribution is 5.94. The average molecular weight is 170 g/mol. The van der Waals surface area contributed by atoms with Crippen LogP contribution in [0.4, 0.5) is 8.78 Å². The molecule has 0 unspecified atom stereocenters. The monoisotopic (exact) mass is 170 g/mol. The number of nitrogens with one attached hydrogen (secondary N) is 1. The maximum absolute atomic E-state index is 12.0. The molecule has 0 amide bonds. The zero-order chi connectivity index (χ0) is 9.14. The Bertz CT molecular complexity index is 280. The Hall–Kier alpha value is -1.45. The van der Waals surface area contributed by atoms with Gasteiger partial charge >= 0.3 is 0 Å². The fourth-order valence-electron chi connectivity index (χ4n) is 0.808. The van der Waals surface area contributed by atoms with Crippen LogP contribution in [0.5, 0.6) is 0 Å². The van der Waals surface area contributed by atoms with Crippen LogP contribution >= 0.6 is 0 Å². The highest BCUT2D eigenvalue weighted by atomic mass is 19.3. The third-order valence-electron chi connectivity index (χ3n) is 1.47. The predicted molar refractivity (Wildman–Crippen MR) is 42.4 cm³/mol. The van der Waals surface area contributed by atoms with Gasteiger partial charge in [0, 0.05) is 11.1 Å². The maximum atomic E-state index is 12.0. The van der Waals surface area contributed by atoms with E-state index in [0.717, 1.165) is 0 Å². The van der Waals surface area contributed by atoms with Gasteiger partial charge in [0.25, 0.3) is 6.43 Å². The van der Waals surface area contributed by atoms with Crippen LogP contribution < -0.4 is 5.73 Å². The fourth-order valence-corrected chi connectivity index (χ4v) is 0.808. The standard InChI is InChI=1S/C8H8F2N2/c9-7(10)5-1-3-6(4-2-5)8(11)12/h1-4,7H,(H3,11,12). The molecule has 12 heavy (non-hydrogen) atoms. The number of alkyl halides is 2. The van der Waals surface area contributed by atoms with Crippen molar-refractivity contribution in [2.24, 2.45) is 5.73 Å². The fraction of sp³-hybridized carbons (Fsp3) is 0.125. The lowest BCUT2D eigenvalue weighted by atomic mass is 10.1. The largest absolute Gasteiger partial charge is 0.384 e. The lowest BCUT2D eigenvalue weighted by molar-refractivity contribution is 0.151. The zero-order valence-electron chi connectivity index (χ0n) is 6.22. The molecule has 3 N–H and O–H groups in total. The Balaban J connectivity index is 2.93. The van der Waals surface area contributed by atoms with E-state index in [1.807, 2.05) is 0 Å². The molecule has 0 aliphatic rings. The second kappa shape index (κ2) is 3.30. The molecule has 4 heteroatoms. The molecule has 0 spiro atoms. The third kappa shape index (κ3) is 1.78. The van der Waals surface area contributed by atoms with Crippen LogP contribution in [-0.4, -0.2) is 5.84 Å². The van der Waals surface area contributed by atoms with Gasteiger partial charge in [-0.15, -0.1) is 0 Å². The van der Waals surface area contributed by atoms with E-state index in [2.05, 4.69) is 0 Å². The minimum absolute atomic E-state index is 0.0556. The number of halogens is 2. The molecule has 0 aliphatic heterocycles. The number of nitrogen functional groups attached to an aromatic ring is 1. The van der Waals surface area contributed by atoms with Crippen molar-refractivity contribution >= 4 is 5.84 Å². The van der Waals surface area contributed by atoms with Gasteiger partial charge in [-0.05, 0) is 0 Å². The van der Waals surface area contributed by atoms with Crippen molar-refractivity contribution in [1.29, 1.82) is 5.41 Å². The Labute approximate surface area is 68.5 Å². The molecule has 0 radical (unpaired) electrons. The van der Waals surface area contributed by atoms with Crippen LogP contribution in [0.3, 0.4) is 0 Å². The Morgan fingerprint density at radius 1 is 1.25 bits per heavy atom. The number of nitrogens with two attached hydrogens (primary N) is 1. The van der Waals surface area contributed by atoms with Crippen LogP contribution in [0.2, 0.25) is 0 Å². The van der Waals surface area contributed by atoms with Gasteiger partial charge in [-0.3, -0.25) is 5.41 Å². The molecule has 1 aromatic rings. The molecule has 64 valence electrons. The van der Waals surface area contributed by atoms with Gasteiger partial charge in [0.15, 0.2) is 0 Å². The summed E-state index contributed by atoms with van der Waals surface area (Å²) in [4.78, 5) is 0. The van der Waals surface area contributed by atoms with Gasteiger partial charge in [-0.25, -0.2) is 8.78 Å². The van der Waals surface area contributed by atoms with Crippen LogP contribution in [0, 0.1) is 5.41 Å². The van der Waals surface area contributed by atoms with E-state index in [9.17, 15) is 8.78 Å². The van der Waals surface area contributed by atoms with E-state index >= 15 is 0 Å². The molecule has 0 aromatic heterocycles. The molecule has 0 heterocycles. The van der Waals surface area contributed by atoms with E-state index in [1.54, 1.807) is 0 Å². The van der Waals surface area contributed by atoms with Gasteiger partial charge < -0.3 is 5.73 Å². The summed E-state index contributed by atoms with van der Waals surface area (Å²) in [5.74, 6) is -0.115. The molecule has 0 atom stereocenters. The minimum atomic E-state index is -2.47. The summed E-state index contributed by atoms with van der Waals surface area (Å²) in [6.07, 6.45) is -2.47. The SMILES string of the molecule is N=C(N)c1ccc(C(F)F)cc1. The number of amidine groups is 1. The molecular formula is C8H8F2N2. The minimum Gasteiger partial charge on any atom is -0.384 e. The quantitative estimate of drug-likeness (QED) is 0.517. The van der Waals surface area contributed by atoms with E-state index in [1.165, 1.54) is 24.3 Å². The van der Waals surface area contributed by atoms with E-state index in [0.29, 0.717) is 5.56 Å².